The van der Waals surface area contributed by atoms with Gasteiger partial charge in [-0.3, -0.25) is 14.9 Å². The summed E-state index contributed by atoms with van der Waals surface area (Å²) < 4.78 is 1.20. The molecule has 0 radical (unpaired) electrons. The van der Waals surface area contributed by atoms with Crippen molar-refractivity contribution in [3.05, 3.63) is 70.3 Å². The zero-order valence-electron chi connectivity index (χ0n) is 15.8. The molecule has 0 aliphatic carbocycles. The molecule has 2 aromatic carbocycles. The lowest BCUT2D eigenvalue weighted by atomic mass is 10.1. The molecule has 0 bridgehead atoms. The number of rotatable bonds is 8. The van der Waals surface area contributed by atoms with Gasteiger partial charge in [0.05, 0.1) is 16.4 Å². The number of amides is 1. The van der Waals surface area contributed by atoms with Crippen LogP contribution in [-0.4, -0.2) is 37.2 Å². The van der Waals surface area contributed by atoms with Crippen molar-refractivity contribution in [1.29, 1.82) is 0 Å². The summed E-state index contributed by atoms with van der Waals surface area (Å²) in [6, 6.07) is 15.2. The van der Waals surface area contributed by atoms with E-state index in [-0.39, 0.29) is 23.3 Å². The third-order valence-corrected chi connectivity index (χ3v) is 4.82. The first-order valence-electron chi connectivity index (χ1n) is 8.67. The zero-order valence-corrected chi connectivity index (χ0v) is 16.7. The van der Waals surface area contributed by atoms with Gasteiger partial charge in [-0.25, -0.2) is 10.1 Å². The second-order valence-corrected chi connectivity index (χ2v) is 6.93. The van der Waals surface area contributed by atoms with Gasteiger partial charge < -0.3 is 11.2 Å². The third-order valence-electron chi connectivity index (χ3n) is 3.87. The number of thioether (sulfide) groups is 1. The van der Waals surface area contributed by atoms with Gasteiger partial charge in [-0.1, -0.05) is 42.1 Å². The Balaban J connectivity index is 1.54. The molecular weight excluding hydrogens is 408 g/mol. The van der Waals surface area contributed by atoms with Crippen molar-refractivity contribution in [2.45, 2.75) is 12.1 Å². The van der Waals surface area contributed by atoms with E-state index in [1.54, 1.807) is 0 Å². The summed E-state index contributed by atoms with van der Waals surface area (Å²) in [7, 11) is 0. The zero-order chi connectivity index (χ0) is 21.5. The molecule has 1 amide bonds. The standard InChI is InChI=1S/C18H18N8O3S/c1-12(13-5-3-2-4-6-13)21-22-17-23-24-18(25(17)19)30-11-16(27)20-14-7-9-15(10-8-14)26(28)29/h2-10H,11,19H2,1H3,(H,20,27)(H,22,23)/b21-12+. The van der Waals surface area contributed by atoms with Gasteiger partial charge >= 0.3 is 0 Å². The maximum atomic E-state index is 12.1. The van der Waals surface area contributed by atoms with Crippen molar-refractivity contribution >= 4 is 40.7 Å². The first kappa shape index (κ1) is 20.8. The van der Waals surface area contributed by atoms with Crippen LogP contribution in [0.15, 0.2) is 64.9 Å². The van der Waals surface area contributed by atoms with Gasteiger partial charge in [-0.15, -0.1) is 10.2 Å². The van der Waals surface area contributed by atoms with Crippen LogP contribution < -0.4 is 16.6 Å². The van der Waals surface area contributed by atoms with E-state index < -0.39 is 4.92 Å². The summed E-state index contributed by atoms with van der Waals surface area (Å²) in [6.45, 7) is 1.84. The second kappa shape index (κ2) is 9.52. The van der Waals surface area contributed by atoms with E-state index in [0.717, 1.165) is 23.0 Å². The van der Waals surface area contributed by atoms with Crippen LogP contribution in [0.1, 0.15) is 12.5 Å². The number of nitrogens with one attached hydrogen (secondary N) is 2. The lowest BCUT2D eigenvalue weighted by Crippen LogP contribution is -2.17. The maximum Gasteiger partial charge on any atom is 0.269 e. The van der Waals surface area contributed by atoms with E-state index in [1.165, 1.54) is 28.9 Å². The Hall–Kier alpha value is -3.93. The highest BCUT2D eigenvalue weighted by molar-refractivity contribution is 7.99. The van der Waals surface area contributed by atoms with Gasteiger partial charge in [-0.05, 0) is 24.6 Å². The van der Waals surface area contributed by atoms with Crippen LogP contribution in [0.5, 0.6) is 0 Å². The Bertz CT molecular complexity index is 1070. The number of nitrogens with zero attached hydrogens (tertiary/aromatic N) is 5. The fourth-order valence-corrected chi connectivity index (χ4v) is 2.98. The molecule has 11 nitrogen and oxygen atoms in total. The first-order valence-corrected chi connectivity index (χ1v) is 9.66. The molecule has 0 unspecified atom stereocenters. The Morgan fingerprint density at radius 1 is 1.20 bits per heavy atom. The summed E-state index contributed by atoms with van der Waals surface area (Å²) >= 11 is 1.09. The van der Waals surface area contributed by atoms with Crippen molar-refractivity contribution in [3.63, 3.8) is 0 Å². The number of aromatic nitrogens is 3. The van der Waals surface area contributed by atoms with E-state index in [9.17, 15) is 14.9 Å². The average Bonchev–Trinajstić information content (AvgIpc) is 3.11. The van der Waals surface area contributed by atoms with Crippen LogP contribution in [0.2, 0.25) is 0 Å². The number of hydrazone groups is 1. The van der Waals surface area contributed by atoms with Gasteiger partial charge in [0.1, 0.15) is 0 Å². The maximum absolute atomic E-state index is 12.1. The summed E-state index contributed by atoms with van der Waals surface area (Å²) in [5.41, 5.74) is 4.85. The number of anilines is 2. The van der Waals surface area contributed by atoms with Gasteiger partial charge in [0.25, 0.3) is 11.6 Å². The second-order valence-electron chi connectivity index (χ2n) is 5.99. The molecule has 0 fully saturated rings. The molecule has 1 aromatic heterocycles. The number of carbonyl (C=O) groups is 1. The monoisotopic (exact) mass is 426 g/mol. The summed E-state index contributed by atoms with van der Waals surface area (Å²) in [6.07, 6.45) is 0. The third kappa shape index (κ3) is 5.32. The highest BCUT2D eigenvalue weighted by Gasteiger charge is 2.13. The number of benzene rings is 2. The number of nitro groups is 1. The van der Waals surface area contributed by atoms with E-state index in [0.29, 0.717) is 10.8 Å². The van der Waals surface area contributed by atoms with Crippen LogP contribution in [0.3, 0.4) is 0 Å². The van der Waals surface area contributed by atoms with Crippen LogP contribution in [-0.2, 0) is 4.79 Å². The molecule has 1 heterocycles. The number of nitrogens with two attached hydrogens (primary N) is 1. The van der Waals surface area contributed by atoms with Crippen molar-refractivity contribution in [3.8, 4) is 0 Å². The molecule has 0 aliphatic heterocycles. The number of hydrogen-bond donors (Lipinski definition) is 3. The van der Waals surface area contributed by atoms with Crippen molar-refractivity contribution in [1.82, 2.24) is 14.9 Å². The summed E-state index contributed by atoms with van der Waals surface area (Å²) in [5.74, 6) is 5.89. The molecule has 154 valence electrons. The van der Waals surface area contributed by atoms with E-state index in [2.05, 4.69) is 26.0 Å². The average molecular weight is 426 g/mol. The number of carbonyl (C=O) groups excluding carboxylic acids is 1. The highest BCUT2D eigenvalue weighted by atomic mass is 32.2. The molecule has 0 spiro atoms. The molecule has 0 saturated carbocycles. The predicted octanol–water partition coefficient (Wildman–Crippen LogP) is 2.47. The first-order chi connectivity index (χ1) is 14.4. The van der Waals surface area contributed by atoms with Crippen LogP contribution >= 0.6 is 11.8 Å². The van der Waals surface area contributed by atoms with E-state index in [4.69, 9.17) is 5.84 Å². The molecule has 3 rings (SSSR count). The van der Waals surface area contributed by atoms with Gasteiger partial charge in [0.15, 0.2) is 0 Å². The summed E-state index contributed by atoms with van der Waals surface area (Å²) in [4.78, 5) is 22.2. The Morgan fingerprint density at radius 3 is 2.57 bits per heavy atom. The minimum atomic E-state index is -0.507. The van der Waals surface area contributed by atoms with Gasteiger partial charge in [0.2, 0.25) is 11.1 Å². The Morgan fingerprint density at radius 2 is 1.90 bits per heavy atom. The van der Waals surface area contributed by atoms with Gasteiger partial charge in [0, 0.05) is 17.8 Å². The molecule has 0 aliphatic rings. The minimum absolute atomic E-state index is 0.0264. The van der Waals surface area contributed by atoms with Crippen molar-refractivity contribution in [2.24, 2.45) is 5.10 Å². The Kier molecular flexibility index (Phi) is 6.60. The lowest BCUT2D eigenvalue weighted by molar-refractivity contribution is -0.384. The molecule has 0 atom stereocenters. The predicted molar refractivity (Wildman–Crippen MR) is 115 cm³/mol. The van der Waals surface area contributed by atoms with E-state index in [1.807, 2.05) is 37.3 Å². The lowest BCUT2D eigenvalue weighted by Gasteiger charge is -2.05. The highest BCUT2D eigenvalue weighted by Crippen LogP contribution is 2.19. The molecule has 12 heteroatoms. The van der Waals surface area contributed by atoms with Crippen LogP contribution in [0, 0.1) is 10.1 Å². The number of nitro benzene ring substituents is 1. The molecule has 4 N–H and O–H groups in total. The van der Waals surface area contributed by atoms with Crippen molar-refractivity contribution < 1.29 is 9.72 Å². The number of non-ortho nitro benzene ring substituents is 1. The summed E-state index contributed by atoms with van der Waals surface area (Å²) in [5, 5.41) is 25.7. The van der Waals surface area contributed by atoms with Gasteiger partial charge in [-0.2, -0.15) is 5.10 Å². The molecule has 0 saturated heterocycles. The molecule has 3 aromatic rings. The normalized spacial score (nSPS) is 11.2. The number of hydrogen-bond acceptors (Lipinski definition) is 9. The quantitative estimate of drug-likeness (QED) is 0.163. The van der Waals surface area contributed by atoms with Crippen LogP contribution in [0.4, 0.5) is 17.3 Å². The van der Waals surface area contributed by atoms with E-state index >= 15 is 0 Å². The number of nitrogen functional groups attached to an aromatic ring is 1. The molecular formula is C18H18N8O3S. The Labute approximate surface area is 175 Å². The fraction of sp³-hybridized carbons (Fsp3) is 0.111. The SMILES string of the molecule is C/C(=N\Nc1nnc(SCC(=O)Nc2ccc([N+](=O)[O-])cc2)n1N)c1ccccc1. The topological polar surface area (TPSA) is 153 Å². The largest absolute Gasteiger partial charge is 0.334 e. The molecule has 30 heavy (non-hydrogen) atoms. The fourth-order valence-electron chi connectivity index (χ4n) is 2.32. The van der Waals surface area contributed by atoms with Crippen LogP contribution in [0.25, 0.3) is 0 Å². The minimum Gasteiger partial charge on any atom is -0.334 e. The van der Waals surface area contributed by atoms with Crippen molar-refractivity contribution in [2.75, 3.05) is 22.3 Å². The smallest absolute Gasteiger partial charge is 0.269 e.